The summed E-state index contributed by atoms with van der Waals surface area (Å²) in [6, 6.07) is 8.73. The van der Waals surface area contributed by atoms with E-state index >= 15 is 0 Å². The molecule has 1 atom stereocenters. The largest absolute Gasteiger partial charge is 0.416 e. The quantitative estimate of drug-likeness (QED) is 0.450. The van der Waals surface area contributed by atoms with E-state index in [0.29, 0.717) is 18.1 Å². The molecular weight excluding hydrogens is 396 g/mol. The van der Waals surface area contributed by atoms with Crippen molar-refractivity contribution in [3.8, 4) is 0 Å². The van der Waals surface area contributed by atoms with E-state index in [0.717, 1.165) is 37.4 Å². The Hall–Kier alpha value is -2.51. The van der Waals surface area contributed by atoms with E-state index in [4.69, 9.17) is 0 Å². The smallest absolute Gasteiger partial charge is 0.368 e. The van der Waals surface area contributed by atoms with E-state index in [2.05, 4.69) is 4.90 Å². The summed E-state index contributed by atoms with van der Waals surface area (Å²) in [5, 5.41) is 0. The SMILES string of the molecule is O=CCC1CCCN1c1ccc(Cc2ccc(C(F)(F)F)cc2C(F)(F)F)cc1. The third-order valence-corrected chi connectivity index (χ3v) is 5.15. The molecule has 8 heteroatoms. The average Bonchev–Trinajstić information content (AvgIpc) is 3.09. The summed E-state index contributed by atoms with van der Waals surface area (Å²) >= 11 is 0. The van der Waals surface area contributed by atoms with Crippen LogP contribution in [0.4, 0.5) is 32.0 Å². The summed E-state index contributed by atoms with van der Waals surface area (Å²) in [6.07, 6.45) is -6.70. The van der Waals surface area contributed by atoms with Gasteiger partial charge in [-0.2, -0.15) is 26.3 Å². The Balaban J connectivity index is 1.84. The summed E-state index contributed by atoms with van der Waals surface area (Å²) in [5.41, 5.74) is -1.37. The number of hydrogen-bond acceptors (Lipinski definition) is 2. The lowest BCUT2D eigenvalue weighted by Crippen LogP contribution is -2.29. The van der Waals surface area contributed by atoms with Gasteiger partial charge in [-0.25, -0.2) is 0 Å². The Bertz CT molecular complexity index is 857. The molecule has 29 heavy (non-hydrogen) atoms. The van der Waals surface area contributed by atoms with Gasteiger partial charge in [-0.3, -0.25) is 0 Å². The first-order valence-corrected chi connectivity index (χ1v) is 9.16. The number of anilines is 1. The minimum atomic E-state index is -4.88. The molecule has 1 unspecified atom stereocenters. The predicted molar refractivity (Wildman–Crippen MR) is 96.7 cm³/mol. The van der Waals surface area contributed by atoms with Gasteiger partial charge in [0.2, 0.25) is 0 Å². The monoisotopic (exact) mass is 415 g/mol. The van der Waals surface area contributed by atoms with Crippen LogP contribution < -0.4 is 4.90 Å². The number of halogens is 6. The Morgan fingerprint density at radius 1 is 0.966 bits per heavy atom. The Labute approximate surface area is 164 Å². The number of rotatable bonds is 5. The van der Waals surface area contributed by atoms with Crippen molar-refractivity contribution < 1.29 is 31.1 Å². The molecule has 0 aromatic heterocycles. The third kappa shape index (κ3) is 4.92. The van der Waals surface area contributed by atoms with Gasteiger partial charge >= 0.3 is 12.4 Å². The first kappa shape index (κ1) is 21.2. The van der Waals surface area contributed by atoms with E-state index < -0.39 is 23.5 Å². The molecule has 0 bridgehead atoms. The second-order valence-electron chi connectivity index (χ2n) is 7.10. The lowest BCUT2D eigenvalue weighted by Gasteiger charge is -2.25. The maximum absolute atomic E-state index is 13.3. The first-order valence-electron chi connectivity index (χ1n) is 9.16. The fourth-order valence-corrected chi connectivity index (χ4v) is 3.73. The zero-order valence-electron chi connectivity index (χ0n) is 15.4. The number of hydrogen-bond donors (Lipinski definition) is 0. The molecule has 2 aromatic rings. The standard InChI is InChI=1S/C21H19F6NO/c22-20(23,24)16-6-5-15(19(13-16)21(25,26)27)12-14-3-7-18(8-4-14)28-10-1-2-17(28)9-11-29/h3-8,11,13,17H,1-2,9-10,12H2. The molecule has 0 saturated carbocycles. The number of carbonyl (C=O) groups is 1. The van der Waals surface area contributed by atoms with Crippen LogP contribution in [0, 0.1) is 0 Å². The minimum absolute atomic E-state index is 0.116. The number of carbonyl (C=O) groups excluding carboxylic acids is 1. The molecule has 1 saturated heterocycles. The highest BCUT2D eigenvalue weighted by atomic mass is 19.4. The summed E-state index contributed by atoms with van der Waals surface area (Å²) in [5.74, 6) is 0. The number of benzene rings is 2. The van der Waals surface area contributed by atoms with Crippen molar-refractivity contribution in [3.05, 3.63) is 64.7 Å². The van der Waals surface area contributed by atoms with Crippen LogP contribution in [0.5, 0.6) is 0 Å². The van der Waals surface area contributed by atoms with Crippen LogP contribution in [0.15, 0.2) is 42.5 Å². The molecule has 0 amide bonds. The van der Waals surface area contributed by atoms with Gasteiger partial charge in [-0.05, 0) is 54.7 Å². The molecule has 2 aromatic carbocycles. The van der Waals surface area contributed by atoms with Gasteiger partial charge in [0.15, 0.2) is 0 Å². The van der Waals surface area contributed by atoms with Crippen molar-refractivity contribution in [1.82, 2.24) is 0 Å². The highest BCUT2D eigenvalue weighted by molar-refractivity contribution is 5.56. The Morgan fingerprint density at radius 3 is 2.24 bits per heavy atom. The van der Waals surface area contributed by atoms with Gasteiger partial charge in [-0.1, -0.05) is 18.2 Å². The van der Waals surface area contributed by atoms with Gasteiger partial charge in [-0.15, -0.1) is 0 Å². The van der Waals surface area contributed by atoms with Crippen LogP contribution in [-0.4, -0.2) is 18.9 Å². The topological polar surface area (TPSA) is 20.3 Å². The van der Waals surface area contributed by atoms with Crippen LogP contribution in [0.2, 0.25) is 0 Å². The fraction of sp³-hybridized carbons (Fsp3) is 0.381. The fourth-order valence-electron chi connectivity index (χ4n) is 3.73. The van der Waals surface area contributed by atoms with Crippen LogP contribution in [0.3, 0.4) is 0 Å². The van der Waals surface area contributed by atoms with Crippen LogP contribution in [-0.2, 0) is 23.6 Å². The summed E-state index contributed by atoms with van der Waals surface area (Å²) in [7, 11) is 0. The second-order valence-corrected chi connectivity index (χ2v) is 7.10. The third-order valence-electron chi connectivity index (χ3n) is 5.15. The van der Waals surface area contributed by atoms with E-state index in [1.807, 2.05) is 0 Å². The van der Waals surface area contributed by atoms with Crippen molar-refractivity contribution >= 4 is 12.0 Å². The first-order chi connectivity index (χ1) is 13.6. The number of nitrogens with zero attached hydrogens (tertiary/aromatic N) is 1. The normalized spacial score (nSPS) is 17.6. The van der Waals surface area contributed by atoms with Gasteiger partial charge in [0, 0.05) is 24.7 Å². The molecule has 3 rings (SSSR count). The molecule has 1 aliphatic rings. The summed E-state index contributed by atoms with van der Waals surface area (Å²) < 4.78 is 78.3. The molecule has 1 heterocycles. The van der Waals surface area contributed by atoms with E-state index in [1.165, 1.54) is 0 Å². The van der Waals surface area contributed by atoms with E-state index in [-0.39, 0.29) is 24.1 Å². The Kier molecular flexibility index (Phi) is 5.91. The van der Waals surface area contributed by atoms with Crippen LogP contribution >= 0.6 is 0 Å². The zero-order valence-corrected chi connectivity index (χ0v) is 15.4. The highest BCUT2D eigenvalue weighted by Gasteiger charge is 2.38. The lowest BCUT2D eigenvalue weighted by molar-refractivity contribution is -0.143. The van der Waals surface area contributed by atoms with Crippen molar-refractivity contribution in [3.63, 3.8) is 0 Å². The van der Waals surface area contributed by atoms with E-state index in [1.54, 1.807) is 24.3 Å². The highest BCUT2D eigenvalue weighted by Crippen LogP contribution is 2.38. The summed E-state index contributed by atoms with van der Waals surface area (Å²) in [4.78, 5) is 12.9. The maximum atomic E-state index is 13.3. The second kappa shape index (κ2) is 8.08. The Morgan fingerprint density at radius 2 is 1.66 bits per heavy atom. The molecule has 156 valence electrons. The molecule has 1 aliphatic heterocycles. The molecule has 0 aliphatic carbocycles. The van der Waals surface area contributed by atoms with Crippen molar-refractivity contribution in [2.75, 3.05) is 11.4 Å². The van der Waals surface area contributed by atoms with Gasteiger partial charge in [0.25, 0.3) is 0 Å². The molecule has 1 fully saturated rings. The summed E-state index contributed by atoms with van der Waals surface area (Å²) in [6.45, 7) is 0.801. The van der Waals surface area contributed by atoms with Gasteiger partial charge < -0.3 is 9.69 Å². The van der Waals surface area contributed by atoms with Crippen LogP contribution in [0.25, 0.3) is 0 Å². The molecule has 0 spiro atoms. The average molecular weight is 415 g/mol. The van der Waals surface area contributed by atoms with Crippen LogP contribution in [0.1, 0.15) is 41.5 Å². The molecule has 0 N–H and O–H groups in total. The lowest BCUT2D eigenvalue weighted by atomic mass is 9.97. The maximum Gasteiger partial charge on any atom is 0.416 e. The molecule has 2 nitrogen and oxygen atoms in total. The predicted octanol–water partition coefficient (Wildman–Crippen LogP) is 5.87. The van der Waals surface area contributed by atoms with Crippen molar-refractivity contribution in [2.24, 2.45) is 0 Å². The van der Waals surface area contributed by atoms with Gasteiger partial charge in [0.1, 0.15) is 6.29 Å². The van der Waals surface area contributed by atoms with Gasteiger partial charge in [0.05, 0.1) is 11.1 Å². The number of alkyl halides is 6. The van der Waals surface area contributed by atoms with Crippen molar-refractivity contribution in [1.29, 1.82) is 0 Å². The van der Waals surface area contributed by atoms with Crippen molar-refractivity contribution in [2.45, 2.75) is 44.1 Å². The zero-order chi connectivity index (χ0) is 21.2. The number of aldehydes is 1. The molecular formula is C21H19F6NO. The van der Waals surface area contributed by atoms with E-state index in [9.17, 15) is 31.1 Å². The minimum Gasteiger partial charge on any atom is -0.368 e. The molecule has 0 radical (unpaired) electrons.